The standard InChI is InChI=1S/C11H4Cl2F3N3O/c12-6-3-7(19-11(13)17-6)18-10(20)4-1-2-5(14)9(16)8(4)15/h1-3H,(H,17,18,19,20). The fourth-order valence-corrected chi connectivity index (χ4v) is 1.75. The van der Waals surface area contributed by atoms with Crippen LogP contribution in [0.1, 0.15) is 10.4 Å². The van der Waals surface area contributed by atoms with Gasteiger partial charge in [0, 0.05) is 6.07 Å². The van der Waals surface area contributed by atoms with Gasteiger partial charge in [0.2, 0.25) is 5.28 Å². The van der Waals surface area contributed by atoms with Crippen molar-refractivity contribution in [1.82, 2.24) is 9.97 Å². The Balaban J connectivity index is 2.31. The van der Waals surface area contributed by atoms with E-state index in [1.165, 1.54) is 0 Å². The molecule has 0 atom stereocenters. The molecule has 9 heteroatoms. The Morgan fingerprint density at radius 1 is 1.10 bits per heavy atom. The van der Waals surface area contributed by atoms with Crippen LogP contribution in [0.25, 0.3) is 0 Å². The summed E-state index contributed by atoms with van der Waals surface area (Å²) in [7, 11) is 0. The van der Waals surface area contributed by atoms with Crippen LogP contribution in [0, 0.1) is 17.5 Å². The number of hydrogen-bond donors (Lipinski definition) is 1. The first-order chi connectivity index (χ1) is 9.38. The summed E-state index contributed by atoms with van der Waals surface area (Å²) in [4.78, 5) is 18.9. The van der Waals surface area contributed by atoms with Crippen molar-refractivity contribution >= 4 is 34.9 Å². The average molecular weight is 322 g/mol. The fraction of sp³-hybridized carbons (Fsp3) is 0. The maximum atomic E-state index is 13.4. The lowest BCUT2D eigenvalue weighted by Gasteiger charge is -2.06. The van der Waals surface area contributed by atoms with E-state index < -0.39 is 28.9 Å². The lowest BCUT2D eigenvalue weighted by Crippen LogP contribution is -2.16. The van der Waals surface area contributed by atoms with Gasteiger partial charge in [-0.2, -0.15) is 0 Å². The highest BCUT2D eigenvalue weighted by molar-refractivity contribution is 6.32. The predicted octanol–water partition coefficient (Wildman–Crippen LogP) is 3.45. The number of hydrogen-bond acceptors (Lipinski definition) is 3. The first kappa shape index (κ1) is 14.5. The van der Waals surface area contributed by atoms with E-state index in [1.54, 1.807) is 0 Å². The quantitative estimate of drug-likeness (QED) is 0.523. The van der Waals surface area contributed by atoms with E-state index in [1.807, 2.05) is 0 Å². The van der Waals surface area contributed by atoms with Gasteiger partial charge in [-0.05, 0) is 23.7 Å². The molecule has 0 saturated carbocycles. The van der Waals surface area contributed by atoms with Crippen LogP contribution in [-0.2, 0) is 0 Å². The summed E-state index contributed by atoms with van der Waals surface area (Å²) < 4.78 is 39.2. The molecule has 1 aromatic heterocycles. The maximum Gasteiger partial charge on any atom is 0.259 e. The van der Waals surface area contributed by atoms with Crippen LogP contribution in [0.4, 0.5) is 19.0 Å². The van der Waals surface area contributed by atoms with Crippen molar-refractivity contribution < 1.29 is 18.0 Å². The molecule has 0 saturated heterocycles. The lowest BCUT2D eigenvalue weighted by atomic mass is 10.2. The zero-order chi connectivity index (χ0) is 14.9. The van der Waals surface area contributed by atoms with Crippen molar-refractivity contribution in [3.63, 3.8) is 0 Å². The third-order valence-corrected chi connectivity index (χ3v) is 2.55. The van der Waals surface area contributed by atoms with Gasteiger partial charge in [0.05, 0.1) is 5.56 Å². The summed E-state index contributed by atoms with van der Waals surface area (Å²) in [5.74, 6) is -5.88. The molecule has 0 bridgehead atoms. The predicted molar refractivity (Wildman–Crippen MR) is 66.3 cm³/mol. The number of aromatic nitrogens is 2. The normalized spacial score (nSPS) is 10.4. The van der Waals surface area contributed by atoms with Crippen molar-refractivity contribution in [2.24, 2.45) is 0 Å². The minimum absolute atomic E-state index is 0.0499. The van der Waals surface area contributed by atoms with Crippen LogP contribution < -0.4 is 5.32 Å². The molecule has 104 valence electrons. The van der Waals surface area contributed by atoms with Crippen molar-refractivity contribution in [1.29, 1.82) is 0 Å². The third-order valence-electron chi connectivity index (χ3n) is 2.19. The molecule has 0 unspecified atom stereocenters. The highest BCUT2D eigenvalue weighted by atomic mass is 35.5. The van der Waals surface area contributed by atoms with Gasteiger partial charge in [0.25, 0.3) is 5.91 Å². The smallest absolute Gasteiger partial charge is 0.259 e. The Hall–Kier alpha value is -1.86. The van der Waals surface area contributed by atoms with Crippen LogP contribution in [0.5, 0.6) is 0 Å². The third kappa shape index (κ3) is 3.00. The molecule has 0 aliphatic carbocycles. The highest BCUT2D eigenvalue weighted by Gasteiger charge is 2.19. The molecule has 20 heavy (non-hydrogen) atoms. The number of halogens is 5. The first-order valence-corrected chi connectivity index (χ1v) is 5.79. The van der Waals surface area contributed by atoms with E-state index >= 15 is 0 Å². The minimum atomic E-state index is -1.74. The fourth-order valence-electron chi connectivity index (χ4n) is 1.34. The molecule has 0 spiro atoms. The molecule has 1 N–H and O–H groups in total. The number of carbonyl (C=O) groups is 1. The summed E-state index contributed by atoms with van der Waals surface area (Å²) in [6.07, 6.45) is 0. The SMILES string of the molecule is O=C(Nc1cc(Cl)nc(Cl)n1)c1ccc(F)c(F)c1F. The number of anilines is 1. The van der Waals surface area contributed by atoms with Gasteiger partial charge in [-0.15, -0.1) is 0 Å². The van der Waals surface area contributed by atoms with Gasteiger partial charge < -0.3 is 5.32 Å². The Labute approximate surface area is 120 Å². The monoisotopic (exact) mass is 321 g/mol. The van der Waals surface area contributed by atoms with Gasteiger partial charge in [0.15, 0.2) is 17.5 Å². The molecule has 2 rings (SSSR count). The summed E-state index contributed by atoms with van der Waals surface area (Å²) in [6, 6.07) is 2.59. The topological polar surface area (TPSA) is 54.9 Å². The van der Waals surface area contributed by atoms with Crippen LogP contribution in [-0.4, -0.2) is 15.9 Å². The molecule has 0 radical (unpaired) electrons. The van der Waals surface area contributed by atoms with Crippen LogP contribution in [0.3, 0.4) is 0 Å². The molecular weight excluding hydrogens is 318 g/mol. The highest BCUT2D eigenvalue weighted by Crippen LogP contribution is 2.18. The zero-order valence-electron chi connectivity index (χ0n) is 9.42. The summed E-state index contributed by atoms with van der Waals surface area (Å²) in [6.45, 7) is 0. The number of rotatable bonds is 2. The number of benzene rings is 1. The number of nitrogens with one attached hydrogen (secondary N) is 1. The van der Waals surface area contributed by atoms with Crippen LogP contribution in [0.2, 0.25) is 10.4 Å². The summed E-state index contributed by atoms with van der Waals surface area (Å²) in [5.41, 5.74) is -0.685. The Bertz CT molecular complexity index is 677. The maximum absolute atomic E-state index is 13.4. The second-order valence-corrected chi connectivity index (χ2v) is 4.25. The van der Waals surface area contributed by atoms with Crippen molar-refractivity contribution in [2.75, 3.05) is 5.32 Å². The minimum Gasteiger partial charge on any atom is -0.306 e. The molecule has 0 aliphatic rings. The molecule has 1 heterocycles. The number of amides is 1. The Kier molecular flexibility index (Phi) is 4.10. The van der Waals surface area contributed by atoms with E-state index in [2.05, 4.69) is 15.3 Å². The van der Waals surface area contributed by atoms with Gasteiger partial charge in [-0.1, -0.05) is 11.6 Å². The van der Waals surface area contributed by atoms with Gasteiger partial charge in [-0.25, -0.2) is 23.1 Å². The van der Waals surface area contributed by atoms with E-state index in [0.29, 0.717) is 6.07 Å². The van der Waals surface area contributed by atoms with Gasteiger partial charge in [0.1, 0.15) is 11.0 Å². The van der Waals surface area contributed by atoms with E-state index in [9.17, 15) is 18.0 Å². The van der Waals surface area contributed by atoms with E-state index in [4.69, 9.17) is 23.2 Å². The van der Waals surface area contributed by atoms with Crippen molar-refractivity contribution in [2.45, 2.75) is 0 Å². The van der Waals surface area contributed by atoms with E-state index in [0.717, 1.165) is 12.1 Å². The summed E-state index contributed by atoms with van der Waals surface area (Å²) >= 11 is 11.1. The first-order valence-electron chi connectivity index (χ1n) is 5.03. The molecule has 1 aromatic carbocycles. The van der Waals surface area contributed by atoms with Crippen molar-refractivity contribution in [3.05, 3.63) is 51.7 Å². The Morgan fingerprint density at radius 2 is 1.80 bits per heavy atom. The molecular formula is C11H4Cl2F3N3O. The molecule has 2 aromatic rings. The van der Waals surface area contributed by atoms with Gasteiger partial charge >= 0.3 is 0 Å². The molecule has 4 nitrogen and oxygen atoms in total. The lowest BCUT2D eigenvalue weighted by molar-refractivity contribution is 0.102. The molecule has 0 fully saturated rings. The number of nitrogens with zero attached hydrogens (tertiary/aromatic N) is 2. The molecule has 0 aliphatic heterocycles. The van der Waals surface area contributed by atoms with Crippen LogP contribution >= 0.6 is 23.2 Å². The van der Waals surface area contributed by atoms with E-state index in [-0.39, 0.29) is 16.3 Å². The van der Waals surface area contributed by atoms with Crippen molar-refractivity contribution in [3.8, 4) is 0 Å². The largest absolute Gasteiger partial charge is 0.306 e. The van der Waals surface area contributed by atoms with Gasteiger partial charge in [-0.3, -0.25) is 4.79 Å². The summed E-state index contributed by atoms with van der Waals surface area (Å²) in [5, 5.41) is 1.85. The molecule has 1 amide bonds. The Morgan fingerprint density at radius 3 is 2.45 bits per heavy atom. The zero-order valence-corrected chi connectivity index (χ0v) is 10.9. The number of carbonyl (C=O) groups excluding carboxylic acids is 1. The second-order valence-electron chi connectivity index (χ2n) is 3.52. The second kappa shape index (κ2) is 5.64. The van der Waals surface area contributed by atoms with Crippen LogP contribution in [0.15, 0.2) is 18.2 Å². The average Bonchev–Trinajstić information content (AvgIpc) is 2.34.